The number of hydrogen-bond donors (Lipinski definition) is 1. The zero-order valence-electron chi connectivity index (χ0n) is 9.46. The zero-order valence-corrected chi connectivity index (χ0v) is 9.46. The maximum absolute atomic E-state index is 13.1. The van der Waals surface area contributed by atoms with Crippen LogP contribution in [0.5, 0.6) is 0 Å². The van der Waals surface area contributed by atoms with Crippen LogP contribution >= 0.6 is 0 Å². The second-order valence-corrected chi connectivity index (χ2v) is 3.79. The van der Waals surface area contributed by atoms with Crippen molar-refractivity contribution in [1.82, 2.24) is 9.97 Å². The van der Waals surface area contributed by atoms with Gasteiger partial charge in [-0.3, -0.25) is 0 Å². The number of aryl methyl sites for hydroxylation is 2. The Balaban J connectivity index is 2.64. The van der Waals surface area contributed by atoms with E-state index in [1.54, 1.807) is 13.8 Å². The Hall–Kier alpha value is -2.04. The average molecular weight is 235 g/mol. The topological polar surface area (TPSA) is 51.8 Å². The van der Waals surface area contributed by atoms with Crippen molar-refractivity contribution < 1.29 is 8.78 Å². The quantitative estimate of drug-likeness (QED) is 0.826. The molecule has 17 heavy (non-hydrogen) atoms. The predicted molar refractivity (Wildman–Crippen MR) is 61.3 cm³/mol. The van der Waals surface area contributed by atoms with Crippen molar-refractivity contribution in [3.05, 3.63) is 41.2 Å². The third-order valence-electron chi connectivity index (χ3n) is 2.47. The molecular formula is C12H11F2N3. The molecule has 0 spiro atoms. The summed E-state index contributed by atoms with van der Waals surface area (Å²) in [6.07, 6.45) is 0. The molecule has 0 saturated heterocycles. The highest BCUT2D eigenvalue weighted by molar-refractivity contribution is 5.70. The van der Waals surface area contributed by atoms with Crippen LogP contribution in [0.25, 0.3) is 11.3 Å². The van der Waals surface area contributed by atoms with E-state index in [0.717, 1.165) is 6.07 Å². The number of rotatable bonds is 1. The molecule has 3 nitrogen and oxygen atoms in total. The summed E-state index contributed by atoms with van der Waals surface area (Å²) < 4.78 is 26.2. The zero-order chi connectivity index (χ0) is 12.6. The fraction of sp³-hybridized carbons (Fsp3) is 0.167. The smallest absolute Gasteiger partial charge is 0.150 e. The molecular weight excluding hydrogens is 224 g/mol. The Kier molecular flexibility index (Phi) is 2.75. The molecule has 1 heterocycles. The number of aromatic nitrogens is 2. The van der Waals surface area contributed by atoms with Crippen molar-refractivity contribution in [2.45, 2.75) is 13.8 Å². The molecule has 0 radical (unpaired) electrons. The Bertz CT molecular complexity index is 562. The monoisotopic (exact) mass is 235 g/mol. The number of halogens is 2. The molecule has 0 fully saturated rings. The summed E-state index contributed by atoms with van der Waals surface area (Å²) >= 11 is 0. The molecule has 0 atom stereocenters. The Labute approximate surface area is 97.3 Å². The van der Waals surface area contributed by atoms with Crippen LogP contribution in [0.15, 0.2) is 18.2 Å². The maximum Gasteiger partial charge on any atom is 0.150 e. The lowest BCUT2D eigenvalue weighted by Gasteiger charge is -2.07. The third kappa shape index (κ3) is 2.22. The summed E-state index contributed by atoms with van der Waals surface area (Å²) in [4.78, 5) is 8.28. The summed E-state index contributed by atoms with van der Waals surface area (Å²) in [5.41, 5.74) is 7.67. The molecule has 2 rings (SSSR count). The van der Waals surface area contributed by atoms with Crippen LogP contribution in [0.2, 0.25) is 0 Å². The Morgan fingerprint density at radius 2 is 1.47 bits per heavy atom. The number of nitrogens with two attached hydrogens (primary N) is 1. The van der Waals surface area contributed by atoms with E-state index in [2.05, 4.69) is 9.97 Å². The molecule has 5 heteroatoms. The summed E-state index contributed by atoms with van der Waals surface area (Å²) in [6.45, 7) is 3.54. The van der Waals surface area contributed by atoms with Crippen molar-refractivity contribution in [3.63, 3.8) is 0 Å². The number of nitrogens with zero attached hydrogens (tertiary/aromatic N) is 2. The van der Waals surface area contributed by atoms with E-state index in [-0.39, 0.29) is 11.4 Å². The van der Waals surface area contributed by atoms with Gasteiger partial charge in [0.1, 0.15) is 23.1 Å². The van der Waals surface area contributed by atoms with Gasteiger partial charge in [-0.25, -0.2) is 18.7 Å². The number of nitrogen functional groups attached to an aromatic ring is 1. The first-order valence-corrected chi connectivity index (χ1v) is 5.04. The van der Waals surface area contributed by atoms with Crippen LogP contribution in [-0.2, 0) is 0 Å². The van der Waals surface area contributed by atoms with Crippen LogP contribution < -0.4 is 5.73 Å². The van der Waals surface area contributed by atoms with Gasteiger partial charge in [0.25, 0.3) is 0 Å². The van der Waals surface area contributed by atoms with Crippen LogP contribution in [0.4, 0.5) is 14.6 Å². The van der Waals surface area contributed by atoms with Gasteiger partial charge in [-0.05, 0) is 26.0 Å². The minimum absolute atomic E-state index is 0.165. The lowest BCUT2D eigenvalue weighted by atomic mass is 10.1. The van der Waals surface area contributed by atoms with Gasteiger partial charge in [0.05, 0.1) is 11.4 Å². The molecule has 0 amide bonds. The van der Waals surface area contributed by atoms with Crippen molar-refractivity contribution >= 4 is 5.82 Å². The van der Waals surface area contributed by atoms with Gasteiger partial charge in [0.15, 0.2) is 0 Å². The fourth-order valence-electron chi connectivity index (χ4n) is 1.52. The second kappa shape index (κ2) is 4.08. The highest BCUT2D eigenvalue weighted by Crippen LogP contribution is 2.24. The van der Waals surface area contributed by atoms with Gasteiger partial charge >= 0.3 is 0 Å². The molecule has 2 aromatic rings. The molecule has 0 unspecified atom stereocenters. The molecule has 1 aromatic heterocycles. The predicted octanol–water partition coefficient (Wildman–Crippen LogP) is 2.62. The van der Waals surface area contributed by atoms with E-state index in [1.807, 2.05) is 0 Å². The maximum atomic E-state index is 13.1. The number of benzene rings is 1. The van der Waals surface area contributed by atoms with Gasteiger partial charge in [-0.1, -0.05) is 0 Å². The van der Waals surface area contributed by atoms with Crippen molar-refractivity contribution in [2.24, 2.45) is 0 Å². The molecule has 0 saturated carbocycles. The second-order valence-electron chi connectivity index (χ2n) is 3.79. The molecule has 0 aliphatic carbocycles. The summed E-state index contributed by atoms with van der Waals surface area (Å²) in [7, 11) is 0. The van der Waals surface area contributed by atoms with Crippen LogP contribution in [0, 0.1) is 25.5 Å². The highest BCUT2D eigenvalue weighted by atomic mass is 19.1. The normalized spacial score (nSPS) is 10.6. The van der Waals surface area contributed by atoms with E-state index >= 15 is 0 Å². The molecule has 0 aliphatic heterocycles. The van der Waals surface area contributed by atoms with E-state index in [4.69, 9.17) is 5.73 Å². The van der Waals surface area contributed by atoms with Gasteiger partial charge in [0, 0.05) is 11.6 Å². The van der Waals surface area contributed by atoms with Gasteiger partial charge in [0.2, 0.25) is 0 Å². The van der Waals surface area contributed by atoms with E-state index in [9.17, 15) is 8.78 Å². The summed E-state index contributed by atoms with van der Waals surface area (Å²) in [5.74, 6) is -1.17. The van der Waals surface area contributed by atoms with Crippen LogP contribution in [0.3, 0.4) is 0 Å². The molecule has 2 N–H and O–H groups in total. The number of hydrogen-bond acceptors (Lipinski definition) is 3. The van der Waals surface area contributed by atoms with Crippen LogP contribution in [0.1, 0.15) is 11.4 Å². The van der Waals surface area contributed by atoms with E-state index < -0.39 is 11.6 Å². The molecule has 88 valence electrons. The first kappa shape index (κ1) is 11.4. The molecule has 0 bridgehead atoms. The minimum Gasteiger partial charge on any atom is -0.382 e. The molecule has 0 aliphatic rings. The van der Waals surface area contributed by atoms with Gasteiger partial charge in [-0.2, -0.15) is 0 Å². The average Bonchev–Trinajstić information content (AvgIpc) is 2.22. The van der Waals surface area contributed by atoms with Crippen molar-refractivity contribution in [1.29, 1.82) is 0 Å². The largest absolute Gasteiger partial charge is 0.382 e. The Morgan fingerprint density at radius 3 is 2.06 bits per heavy atom. The fourth-order valence-corrected chi connectivity index (χ4v) is 1.52. The van der Waals surface area contributed by atoms with E-state index in [1.165, 1.54) is 12.1 Å². The third-order valence-corrected chi connectivity index (χ3v) is 2.47. The lowest BCUT2D eigenvalue weighted by Crippen LogP contribution is -2.02. The lowest BCUT2D eigenvalue weighted by molar-refractivity contribution is 0.584. The van der Waals surface area contributed by atoms with Crippen molar-refractivity contribution in [3.8, 4) is 11.3 Å². The summed E-state index contributed by atoms with van der Waals surface area (Å²) in [5, 5.41) is 0. The number of anilines is 1. The minimum atomic E-state index is -0.667. The first-order chi connectivity index (χ1) is 7.97. The van der Waals surface area contributed by atoms with E-state index in [0.29, 0.717) is 17.1 Å². The summed E-state index contributed by atoms with van der Waals surface area (Å²) in [6, 6.07) is 3.16. The highest BCUT2D eigenvalue weighted by Gasteiger charge is 2.10. The van der Waals surface area contributed by atoms with Crippen LogP contribution in [-0.4, -0.2) is 9.97 Å². The van der Waals surface area contributed by atoms with Gasteiger partial charge < -0.3 is 5.73 Å². The van der Waals surface area contributed by atoms with Gasteiger partial charge in [-0.15, -0.1) is 0 Å². The first-order valence-electron chi connectivity index (χ1n) is 5.04. The SMILES string of the molecule is Cc1nc(N)c(-c2cc(F)cc(F)c2)nc1C. The molecule has 1 aromatic carbocycles. The Morgan fingerprint density at radius 1 is 0.941 bits per heavy atom. The van der Waals surface area contributed by atoms with Crippen molar-refractivity contribution in [2.75, 3.05) is 5.73 Å². The standard InChI is InChI=1S/C12H11F2N3/c1-6-7(2)17-12(15)11(16-6)8-3-9(13)5-10(14)4-8/h3-5H,1-2H3,(H2,15,17).